The van der Waals surface area contributed by atoms with E-state index in [9.17, 15) is 4.79 Å². The molecule has 4 rings (SSSR count). The lowest BCUT2D eigenvalue weighted by Crippen LogP contribution is -2.61. The monoisotopic (exact) mass is 205 g/mol. The van der Waals surface area contributed by atoms with Crippen LogP contribution >= 0.6 is 0 Å². The van der Waals surface area contributed by atoms with Crippen molar-refractivity contribution in [2.45, 2.75) is 18.6 Å². The van der Waals surface area contributed by atoms with Crippen molar-refractivity contribution in [2.24, 2.45) is 0 Å². The van der Waals surface area contributed by atoms with E-state index in [1.165, 1.54) is 0 Å². The van der Waals surface area contributed by atoms with E-state index in [2.05, 4.69) is 0 Å². The van der Waals surface area contributed by atoms with Crippen LogP contribution in [0.15, 0.2) is 24.3 Å². The second kappa shape index (κ2) is 2.97. The van der Waals surface area contributed by atoms with Crippen LogP contribution in [0.2, 0.25) is 0 Å². The lowest BCUT2D eigenvalue weighted by atomic mass is 9.97. The van der Waals surface area contributed by atoms with Gasteiger partial charge in [-0.2, -0.15) is 0 Å². The van der Waals surface area contributed by atoms with Gasteiger partial charge in [0.25, 0.3) is 5.91 Å². The van der Waals surface area contributed by atoms with Crippen molar-refractivity contribution in [2.75, 3.05) is 11.4 Å². The summed E-state index contributed by atoms with van der Waals surface area (Å²) in [5, 5.41) is 9.15. The molecule has 1 aromatic rings. The maximum absolute atomic E-state index is 11.8. The minimum Gasteiger partial charge on any atom is -0.508 e. The zero-order valence-corrected chi connectivity index (χ0v) is 8.09. The average molecular weight is 205 g/mol. The molecule has 3 saturated heterocycles. The van der Waals surface area contributed by atoms with E-state index in [0.29, 0.717) is 6.54 Å². The van der Waals surface area contributed by atoms with Gasteiger partial charge in [0.2, 0.25) is 0 Å². The van der Waals surface area contributed by atoms with Crippen LogP contribution in [-0.4, -0.2) is 29.8 Å². The van der Waals surface area contributed by atoms with Crippen molar-refractivity contribution in [3.05, 3.63) is 24.3 Å². The number of anilines is 1. The summed E-state index contributed by atoms with van der Waals surface area (Å²) in [7, 11) is 0. The molecule has 0 saturated carbocycles. The van der Waals surface area contributed by atoms with Gasteiger partial charge in [-0.1, -0.05) is 0 Å². The maximum Gasteiger partial charge on any atom is 0.256 e. The highest BCUT2D eigenvalue weighted by Crippen LogP contribution is 2.32. The molecule has 3 heterocycles. The van der Waals surface area contributed by atoms with Gasteiger partial charge in [-0.15, -0.1) is 0 Å². The molecule has 78 valence electrons. The van der Waals surface area contributed by atoms with Gasteiger partial charge in [0.05, 0.1) is 12.6 Å². The molecule has 2 atom stereocenters. The van der Waals surface area contributed by atoms with Gasteiger partial charge in [-0.3, -0.25) is 4.79 Å². The Hall–Kier alpha value is -1.55. The Kier molecular flexibility index (Phi) is 1.73. The summed E-state index contributed by atoms with van der Waals surface area (Å²) in [5.74, 6) is 0.243. The number of aromatic hydroxyl groups is 1. The fourth-order valence-corrected chi connectivity index (χ4v) is 2.07. The van der Waals surface area contributed by atoms with Crippen molar-refractivity contribution < 1.29 is 14.6 Å². The number of piperidine rings is 1. The number of carbonyl (C=O) groups excluding carboxylic acids is 1. The first-order valence-corrected chi connectivity index (χ1v) is 5.00. The number of carbonyl (C=O) groups is 1. The Morgan fingerprint density at radius 1 is 1.33 bits per heavy atom. The number of ether oxygens (including phenoxy) is 1. The molecule has 0 aromatic heterocycles. The van der Waals surface area contributed by atoms with Crippen LogP contribution < -0.4 is 4.90 Å². The molecule has 1 N–H and O–H groups in total. The van der Waals surface area contributed by atoms with E-state index >= 15 is 0 Å². The predicted molar refractivity (Wildman–Crippen MR) is 53.7 cm³/mol. The normalized spacial score (nSPS) is 28.8. The quantitative estimate of drug-likeness (QED) is 0.741. The second-order valence-electron chi connectivity index (χ2n) is 3.95. The van der Waals surface area contributed by atoms with Crippen LogP contribution in [0.3, 0.4) is 0 Å². The summed E-state index contributed by atoms with van der Waals surface area (Å²) >= 11 is 0. The van der Waals surface area contributed by atoms with Crippen molar-refractivity contribution in [1.29, 1.82) is 0 Å². The Morgan fingerprint density at radius 3 is 2.60 bits per heavy atom. The van der Waals surface area contributed by atoms with E-state index in [-0.39, 0.29) is 23.9 Å². The predicted octanol–water partition coefficient (Wildman–Crippen LogP) is 0.896. The maximum atomic E-state index is 11.8. The Bertz CT molecular complexity index is 395. The second-order valence-corrected chi connectivity index (χ2v) is 3.95. The number of amides is 1. The molecule has 3 aliphatic heterocycles. The number of morpholine rings is 1. The highest BCUT2D eigenvalue weighted by molar-refractivity contribution is 5.98. The molecule has 3 aliphatic rings. The number of phenolic OH excluding ortho intramolecular Hbond substituents is 1. The molecule has 15 heavy (non-hydrogen) atoms. The molecular formula is C11H11NO3. The third-order valence-electron chi connectivity index (χ3n) is 2.92. The van der Waals surface area contributed by atoms with Gasteiger partial charge in [0.15, 0.2) is 0 Å². The van der Waals surface area contributed by atoms with Crippen LogP contribution in [0.5, 0.6) is 5.75 Å². The van der Waals surface area contributed by atoms with Crippen molar-refractivity contribution in [1.82, 2.24) is 0 Å². The van der Waals surface area contributed by atoms with Crippen molar-refractivity contribution in [3.8, 4) is 5.75 Å². The van der Waals surface area contributed by atoms with Crippen molar-refractivity contribution >= 4 is 11.6 Å². The smallest absolute Gasteiger partial charge is 0.256 e. The number of rotatable bonds is 1. The Labute approximate surface area is 87.1 Å². The first-order chi connectivity index (χ1) is 7.24. The Balaban J connectivity index is 1.88. The molecule has 2 unspecified atom stereocenters. The molecule has 0 radical (unpaired) electrons. The minimum absolute atomic E-state index is 0.0307. The molecule has 3 fully saturated rings. The van der Waals surface area contributed by atoms with E-state index in [1.54, 1.807) is 29.2 Å². The van der Waals surface area contributed by atoms with Gasteiger partial charge in [-0.05, 0) is 24.3 Å². The number of hydrogen-bond acceptors (Lipinski definition) is 3. The number of hydrogen-bond donors (Lipinski definition) is 1. The lowest BCUT2D eigenvalue weighted by molar-refractivity contribution is -0.169. The molecule has 0 spiro atoms. The van der Waals surface area contributed by atoms with Gasteiger partial charge >= 0.3 is 0 Å². The van der Waals surface area contributed by atoms with Crippen LogP contribution in [0, 0.1) is 0 Å². The number of fused-ring (bicyclic) bond motifs is 2. The van der Waals surface area contributed by atoms with E-state index in [1.807, 2.05) is 0 Å². The third-order valence-corrected chi connectivity index (χ3v) is 2.92. The van der Waals surface area contributed by atoms with Crippen molar-refractivity contribution in [3.63, 3.8) is 0 Å². The largest absolute Gasteiger partial charge is 0.508 e. The first kappa shape index (κ1) is 8.73. The zero-order valence-electron chi connectivity index (χ0n) is 8.09. The van der Waals surface area contributed by atoms with Gasteiger partial charge in [0, 0.05) is 12.1 Å². The highest BCUT2D eigenvalue weighted by Gasteiger charge is 2.45. The van der Waals surface area contributed by atoms with E-state index < -0.39 is 0 Å². The summed E-state index contributed by atoms with van der Waals surface area (Å²) in [6.07, 6.45) is 0.812. The zero-order chi connectivity index (χ0) is 10.4. The van der Waals surface area contributed by atoms with Crippen LogP contribution in [0.1, 0.15) is 6.42 Å². The highest BCUT2D eigenvalue weighted by atomic mass is 16.5. The summed E-state index contributed by atoms with van der Waals surface area (Å²) in [4.78, 5) is 13.5. The number of benzene rings is 1. The molecule has 1 amide bonds. The van der Waals surface area contributed by atoms with E-state index in [0.717, 1.165) is 12.1 Å². The first-order valence-electron chi connectivity index (χ1n) is 5.00. The SMILES string of the molecule is O=C1C2CC(CN1c1ccc(O)cc1)O2. The molecule has 4 nitrogen and oxygen atoms in total. The van der Waals surface area contributed by atoms with Crippen LogP contribution in [0.4, 0.5) is 5.69 Å². The number of phenols is 1. The minimum atomic E-state index is -0.238. The van der Waals surface area contributed by atoms with Crippen LogP contribution in [0.25, 0.3) is 0 Å². The summed E-state index contributed by atoms with van der Waals surface area (Å²) in [5.41, 5.74) is 0.829. The fraction of sp³-hybridized carbons (Fsp3) is 0.364. The summed E-state index contributed by atoms with van der Waals surface area (Å²) in [6.45, 7) is 0.625. The molecule has 2 bridgehead atoms. The lowest BCUT2D eigenvalue weighted by Gasteiger charge is -2.45. The average Bonchev–Trinajstić information content (AvgIpc) is 2.18. The molecule has 4 heteroatoms. The topological polar surface area (TPSA) is 49.8 Å². The molecular weight excluding hydrogens is 194 g/mol. The van der Waals surface area contributed by atoms with Gasteiger partial charge in [-0.25, -0.2) is 0 Å². The van der Waals surface area contributed by atoms with Gasteiger partial charge in [0.1, 0.15) is 11.9 Å². The van der Waals surface area contributed by atoms with Crippen LogP contribution in [-0.2, 0) is 9.53 Å². The molecule has 0 aliphatic carbocycles. The summed E-state index contributed by atoms with van der Waals surface area (Å²) < 4.78 is 5.32. The Morgan fingerprint density at radius 2 is 2.00 bits per heavy atom. The van der Waals surface area contributed by atoms with Gasteiger partial charge < -0.3 is 14.7 Å². The van der Waals surface area contributed by atoms with E-state index in [4.69, 9.17) is 9.84 Å². The molecule has 1 aromatic carbocycles. The standard InChI is InChI=1S/C11H11NO3/c13-8-3-1-7(2-4-8)12-6-9-5-10(15-9)11(12)14/h1-4,9-10,13H,5-6H2. The number of nitrogens with zero attached hydrogens (tertiary/aromatic N) is 1. The summed E-state index contributed by atoms with van der Waals surface area (Å²) in [6, 6.07) is 6.67. The third kappa shape index (κ3) is 1.29. The fourth-order valence-electron chi connectivity index (χ4n) is 2.07.